The van der Waals surface area contributed by atoms with Gasteiger partial charge in [-0.3, -0.25) is 9.69 Å². The summed E-state index contributed by atoms with van der Waals surface area (Å²) in [5.41, 5.74) is 4.00. The summed E-state index contributed by atoms with van der Waals surface area (Å²) in [4.78, 5) is 31.7. The zero-order chi connectivity index (χ0) is 26.8. The molecule has 4 aromatic rings. The highest BCUT2D eigenvalue weighted by molar-refractivity contribution is 8.18. The Bertz CT molecular complexity index is 1610. The number of hydrogen-bond acceptors (Lipinski definition) is 5. The number of halogens is 2. The molecule has 5 rings (SSSR count). The molecule has 0 N–H and O–H groups in total. The van der Waals surface area contributed by atoms with Gasteiger partial charge in [-0.1, -0.05) is 47.5 Å². The van der Waals surface area contributed by atoms with Crippen molar-refractivity contribution in [1.82, 2.24) is 9.47 Å². The number of nitrogens with zero attached hydrogens (tertiary/aromatic N) is 3. The van der Waals surface area contributed by atoms with Crippen molar-refractivity contribution < 1.29 is 14.3 Å². The Morgan fingerprint density at radius 3 is 2.58 bits per heavy atom. The highest BCUT2D eigenvalue weighted by atomic mass is 35.5. The molecule has 3 aromatic carbocycles. The van der Waals surface area contributed by atoms with Gasteiger partial charge in [-0.2, -0.15) is 0 Å². The molecule has 0 saturated carbocycles. The maximum Gasteiger partial charge on any atom is 0.338 e. The lowest BCUT2D eigenvalue weighted by Crippen LogP contribution is -2.23. The van der Waals surface area contributed by atoms with Gasteiger partial charge in [0.1, 0.15) is 0 Å². The average Bonchev–Trinajstić information content (AvgIpc) is 3.38. The number of amides is 1. The number of likely N-dealkylation sites (N-methyl/N-ethyl adjacent to an activating group) is 1. The van der Waals surface area contributed by atoms with Gasteiger partial charge in [0, 0.05) is 46.3 Å². The van der Waals surface area contributed by atoms with Crippen LogP contribution in [0.15, 0.2) is 82.8 Å². The Kier molecular flexibility index (Phi) is 7.61. The lowest BCUT2D eigenvalue weighted by molar-refractivity contribution is -0.121. The number of carbonyl (C=O) groups is 2. The summed E-state index contributed by atoms with van der Waals surface area (Å²) >= 11 is 13.8. The quantitative estimate of drug-likeness (QED) is 0.181. The summed E-state index contributed by atoms with van der Waals surface area (Å²) in [6, 6.07) is 20.3. The maximum absolute atomic E-state index is 13.1. The predicted octanol–water partition coefficient (Wildman–Crippen LogP) is 7.41. The molecule has 6 nitrogen and oxygen atoms in total. The van der Waals surface area contributed by atoms with Crippen LogP contribution in [0, 0.1) is 0 Å². The van der Waals surface area contributed by atoms with Crippen LogP contribution in [0.3, 0.4) is 0 Å². The minimum atomic E-state index is -0.378. The first-order chi connectivity index (χ1) is 18.3. The standard InChI is InChI=1S/C29H23Cl2N3O3S/c1-3-37-28(36)18-9-12-22(13-10-18)32-29-33(2)27(35)26(38-29)14-20-17-34(25-7-5-4-6-23(20)25)16-19-8-11-21(30)15-24(19)31/h4-15,17H,3,16H2,1-2H3/b26-14-,32-29?. The molecule has 0 aliphatic carbocycles. The predicted molar refractivity (Wildman–Crippen MR) is 155 cm³/mol. The van der Waals surface area contributed by atoms with Crippen LogP contribution in [0.1, 0.15) is 28.4 Å². The van der Waals surface area contributed by atoms with Crippen LogP contribution in [0.25, 0.3) is 17.0 Å². The van der Waals surface area contributed by atoms with Gasteiger partial charge >= 0.3 is 5.97 Å². The zero-order valence-corrected chi connectivity index (χ0v) is 23.0. The Morgan fingerprint density at radius 1 is 1.08 bits per heavy atom. The van der Waals surface area contributed by atoms with Gasteiger partial charge < -0.3 is 9.30 Å². The van der Waals surface area contributed by atoms with Crippen molar-refractivity contribution in [1.29, 1.82) is 0 Å². The van der Waals surface area contributed by atoms with Gasteiger partial charge in [-0.25, -0.2) is 9.79 Å². The molecular formula is C29H23Cl2N3O3S. The minimum absolute atomic E-state index is 0.130. The molecule has 9 heteroatoms. The number of rotatable bonds is 6. The smallest absolute Gasteiger partial charge is 0.338 e. The Labute approximate surface area is 234 Å². The fourth-order valence-electron chi connectivity index (χ4n) is 4.14. The van der Waals surface area contributed by atoms with E-state index in [2.05, 4.69) is 9.56 Å². The van der Waals surface area contributed by atoms with Crippen molar-refractivity contribution in [2.75, 3.05) is 13.7 Å². The van der Waals surface area contributed by atoms with Crippen molar-refractivity contribution in [2.24, 2.45) is 4.99 Å². The van der Waals surface area contributed by atoms with Crippen LogP contribution in [0.5, 0.6) is 0 Å². The number of amidine groups is 1. The number of carbonyl (C=O) groups excluding carboxylic acids is 2. The van der Waals surface area contributed by atoms with Gasteiger partial charge in [0.25, 0.3) is 5.91 Å². The number of esters is 1. The third-order valence-electron chi connectivity index (χ3n) is 6.07. The number of aromatic nitrogens is 1. The second-order valence-electron chi connectivity index (χ2n) is 8.60. The Morgan fingerprint density at radius 2 is 1.84 bits per heavy atom. The molecule has 1 aliphatic rings. The molecular weight excluding hydrogens is 541 g/mol. The Hall–Kier alpha value is -3.52. The number of thioether (sulfide) groups is 1. The molecule has 38 heavy (non-hydrogen) atoms. The number of ether oxygens (including phenoxy) is 1. The van der Waals surface area contributed by atoms with Gasteiger partial charge in [0.05, 0.1) is 22.8 Å². The van der Waals surface area contributed by atoms with E-state index in [9.17, 15) is 9.59 Å². The van der Waals surface area contributed by atoms with Crippen molar-refractivity contribution >= 4 is 74.7 Å². The average molecular weight is 564 g/mol. The molecule has 1 saturated heterocycles. The monoisotopic (exact) mass is 563 g/mol. The van der Waals surface area contributed by atoms with E-state index in [4.69, 9.17) is 27.9 Å². The largest absolute Gasteiger partial charge is 0.462 e. The molecule has 1 amide bonds. The molecule has 0 atom stereocenters. The lowest BCUT2D eigenvalue weighted by atomic mass is 10.1. The van der Waals surface area contributed by atoms with E-state index >= 15 is 0 Å². The maximum atomic E-state index is 13.1. The van der Waals surface area contributed by atoms with Gasteiger partial charge in [-0.15, -0.1) is 0 Å². The fourth-order valence-corrected chi connectivity index (χ4v) is 5.59. The molecule has 0 radical (unpaired) electrons. The van der Waals surface area contributed by atoms with E-state index in [0.29, 0.717) is 44.5 Å². The zero-order valence-electron chi connectivity index (χ0n) is 20.7. The summed E-state index contributed by atoms with van der Waals surface area (Å²) in [5.74, 6) is -0.508. The van der Waals surface area contributed by atoms with Gasteiger partial charge in [0.2, 0.25) is 0 Å². The highest BCUT2D eigenvalue weighted by Crippen LogP contribution is 2.35. The molecule has 1 aromatic heterocycles. The summed E-state index contributed by atoms with van der Waals surface area (Å²) in [7, 11) is 1.70. The van der Waals surface area contributed by atoms with Crippen molar-refractivity contribution in [3.8, 4) is 0 Å². The molecule has 0 unspecified atom stereocenters. The second-order valence-corrected chi connectivity index (χ2v) is 10.5. The number of hydrogen-bond donors (Lipinski definition) is 0. The Balaban J connectivity index is 1.43. The van der Waals surface area contributed by atoms with Crippen LogP contribution < -0.4 is 0 Å². The van der Waals surface area contributed by atoms with E-state index in [1.165, 1.54) is 16.7 Å². The van der Waals surface area contributed by atoms with E-state index in [-0.39, 0.29) is 11.9 Å². The SMILES string of the molecule is CCOC(=O)c1ccc(N=C2S/C(=C\c3cn(Cc4ccc(Cl)cc4Cl)c4ccccc34)C(=O)N2C)cc1. The first-order valence-corrected chi connectivity index (χ1v) is 13.5. The topological polar surface area (TPSA) is 63.9 Å². The van der Waals surface area contributed by atoms with Crippen molar-refractivity contribution in [3.05, 3.63) is 105 Å². The molecule has 0 spiro atoms. The molecule has 192 valence electrons. The van der Waals surface area contributed by atoms with Crippen LogP contribution in [0.2, 0.25) is 10.0 Å². The first kappa shape index (κ1) is 26.1. The lowest BCUT2D eigenvalue weighted by Gasteiger charge is -2.08. The number of fused-ring (bicyclic) bond motifs is 1. The molecule has 0 bridgehead atoms. The van der Waals surface area contributed by atoms with Crippen LogP contribution >= 0.6 is 35.0 Å². The summed E-state index contributed by atoms with van der Waals surface area (Å²) < 4.78 is 7.14. The molecule has 1 aliphatic heterocycles. The molecule has 1 fully saturated rings. The third-order valence-corrected chi connectivity index (χ3v) is 7.72. The van der Waals surface area contributed by atoms with Crippen molar-refractivity contribution in [2.45, 2.75) is 13.5 Å². The second kappa shape index (κ2) is 11.1. The van der Waals surface area contributed by atoms with Crippen LogP contribution in [-0.4, -0.2) is 40.2 Å². The van der Waals surface area contributed by atoms with Crippen LogP contribution in [0.4, 0.5) is 5.69 Å². The molecule has 2 heterocycles. The van der Waals surface area contributed by atoms with Gasteiger partial charge in [0.15, 0.2) is 5.17 Å². The third kappa shape index (κ3) is 5.36. The highest BCUT2D eigenvalue weighted by Gasteiger charge is 2.30. The van der Waals surface area contributed by atoms with E-state index in [0.717, 1.165) is 22.0 Å². The fraction of sp³-hybridized carbons (Fsp3) is 0.138. The minimum Gasteiger partial charge on any atom is -0.462 e. The number of aliphatic imine (C=N–C) groups is 1. The van der Waals surface area contributed by atoms with Crippen LogP contribution in [-0.2, 0) is 16.1 Å². The first-order valence-electron chi connectivity index (χ1n) is 11.9. The normalized spacial score (nSPS) is 15.7. The van der Waals surface area contributed by atoms with E-state index < -0.39 is 0 Å². The van der Waals surface area contributed by atoms with Gasteiger partial charge in [-0.05, 0) is 72.8 Å². The van der Waals surface area contributed by atoms with E-state index in [1.54, 1.807) is 44.3 Å². The van der Waals surface area contributed by atoms with Crippen molar-refractivity contribution in [3.63, 3.8) is 0 Å². The summed E-state index contributed by atoms with van der Waals surface area (Å²) in [6.07, 6.45) is 3.93. The number of benzene rings is 3. The number of para-hydroxylation sites is 1. The summed E-state index contributed by atoms with van der Waals surface area (Å²) in [5, 5.41) is 2.78. The summed E-state index contributed by atoms with van der Waals surface area (Å²) in [6.45, 7) is 2.64. The van der Waals surface area contributed by atoms with E-state index in [1.807, 2.05) is 48.7 Å².